The second-order valence-corrected chi connectivity index (χ2v) is 6.55. The molecule has 0 saturated heterocycles. The highest BCUT2D eigenvalue weighted by molar-refractivity contribution is 5.65. The van der Waals surface area contributed by atoms with Crippen LogP contribution in [0.3, 0.4) is 0 Å². The molecule has 0 unspecified atom stereocenters. The maximum atomic E-state index is 13.0. The summed E-state index contributed by atoms with van der Waals surface area (Å²) in [6.07, 6.45) is -3.54. The molecule has 0 amide bonds. The lowest BCUT2D eigenvalue weighted by molar-refractivity contribution is -0.137. The zero-order chi connectivity index (χ0) is 18.1. The number of aromatic amines is 1. The van der Waals surface area contributed by atoms with Gasteiger partial charge in [-0.15, -0.1) is 0 Å². The molecular weight excluding hydrogens is 339 g/mol. The normalized spacial score (nSPS) is 15.0. The van der Waals surface area contributed by atoms with Crippen LogP contribution in [-0.4, -0.2) is 21.6 Å². The molecule has 0 aliphatic carbocycles. The van der Waals surface area contributed by atoms with Crippen molar-refractivity contribution in [2.24, 2.45) is 0 Å². The summed E-state index contributed by atoms with van der Waals surface area (Å²) in [5, 5.41) is 7.32. The molecule has 0 radical (unpaired) electrons. The van der Waals surface area contributed by atoms with Gasteiger partial charge in [-0.2, -0.15) is 18.3 Å². The van der Waals surface area contributed by atoms with Crippen molar-refractivity contribution >= 4 is 0 Å². The zero-order valence-corrected chi connectivity index (χ0v) is 14.1. The molecule has 4 rings (SSSR count). The largest absolute Gasteiger partial charge is 0.416 e. The zero-order valence-electron chi connectivity index (χ0n) is 14.1. The average molecular weight is 357 g/mol. The average Bonchev–Trinajstić information content (AvgIpc) is 3.05. The maximum absolute atomic E-state index is 13.0. The van der Waals surface area contributed by atoms with Gasteiger partial charge in [0.25, 0.3) is 0 Å². The Kier molecular flexibility index (Phi) is 4.28. The molecule has 0 fully saturated rings. The molecule has 0 atom stereocenters. The van der Waals surface area contributed by atoms with Gasteiger partial charge < -0.3 is 0 Å². The minimum atomic E-state index is -4.36. The van der Waals surface area contributed by atoms with Crippen LogP contribution < -0.4 is 0 Å². The molecule has 1 aliphatic heterocycles. The fraction of sp³-hybridized carbons (Fsp3) is 0.250. The quantitative estimate of drug-likeness (QED) is 0.740. The van der Waals surface area contributed by atoms with Gasteiger partial charge in [-0.05, 0) is 17.7 Å². The van der Waals surface area contributed by atoms with Crippen LogP contribution in [0.4, 0.5) is 13.2 Å². The van der Waals surface area contributed by atoms with Gasteiger partial charge in [-0.25, -0.2) is 0 Å². The van der Waals surface area contributed by atoms with Crippen LogP contribution in [0.1, 0.15) is 22.4 Å². The Hall–Kier alpha value is -2.60. The number of H-pyrrole nitrogens is 1. The molecule has 3 aromatic rings. The molecule has 26 heavy (non-hydrogen) atoms. The first-order chi connectivity index (χ1) is 12.5. The van der Waals surface area contributed by atoms with Crippen LogP contribution in [0.15, 0.2) is 54.6 Å². The fourth-order valence-corrected chi connectivity index (χ4v) is 3.41. The van der Waals surface area contributed by atoms with E-state index in [1.807, 2.05) is 18.2 Å². The summed E-state index contributed by atoms with van der Waals surface area (Å²) in [5.74, 6) is 0. The van der Waals surface area contributed by atoms with Crippen LogP contribution in [0, 0.1) is 0 Å². The smallest absolute Gasteiger partial charge is 0.294 e. The minimum absolute atomic E-state index is 0.499. The highest BCUT2D eigenvalue weighted by Gasteiger charge is 2.31. The molecule has 0 saturated carbocycles. The van der Waals surface area contributed by atoms with Crippen LogP contribution in [0.2, 0.25) is 0 Å². The summed E-state index contributed by atoms with van der Waals surface area (Å²) in [4.78, 5) is 2.30. The van der Waals surface area contributed by atoms with Gasteiger partial charge in [0.1, 0.15) is 0 Å². The van der Waals surface area contributed by atoms with Crippen molar-refractivity contribution in [3.8, 4) is 11.3 Å². The summed E-state index contributed by atoms with van der Waals surface area (Å²) >= 11 is 0. The van der Waals surface area contributed by atoms with E-state index in [1.54, 1.807) is 6.07 Å². The lowest BCUT2D eigenvalue weighted by atomic mass is 9.99. The van der Waals surface area contributed by atoms with Crippen molar-refractivity contribution in [3.05, 3.63) is 77.0 Å². The number of nitrogens with one attached hydrogen (secondary N) is 1. The first kappa shape index (κ1) is 16.8. The van der Waals surface area contributed by atoms with Crippen LogP contribution >= 0.6 is 0 Å². The van der Waals surface area contributed by atoms with Gasteiger partial charge in [0.2, 0.25) is 0 Å². The number of hydrogen-bond donors (Lipinski definition) is 1. The Morgan fingerprint density at radius 1 is 1.04 bits per heavy atom. The fourth-order valence-electron chi connectivity index (χ4n) is 3.41. The number of rotatable bonds is 3. The lowest BCUT2D eigenvalue weighted by Gasteiger charge is -2.27. The Bertz CT molecular complexity index is 900. The van der Waals surface area contributed by atoms with Crippen LogP contribution in [0.5, 0.6) is 0 Å². The van der Waals surface area contributed by atoms with Crippen molar-refractivity contribution in [2.75, 3.05) is 6.54 Å². The number of aromatic nitrogens is 2. The molecule has 1 N–H and O–H groups in total. The molecule has 2 aromatic carbocycles. The van der Waals surface area contributed by atoms with Gasteiger partial charge >= 0.3 is 6.18 Å². The van der Waals surface area contributed by atoms with E-state index in [9.17, 15) is 13.2 Å². The van der Waals surface area contributed by atoms with E-state index in [4.69, 9.17) is 0 Å². The Labute approximate surface area is 149 Å². The molecule has 0 bridgehead atoms. The third-order valence-electron chi connectivity index (χ3n) is 4.72. The predicted molar refractivity (Wildman–Crippen MR) is 93.3 cm³/mol. The highest BCUT2D eigenvalue weighted by atomic mass is 19.4. The standard InChI is InChI=1S/C20H18F3N3/c21-20(22,23)16-8-4-7-15(11-16)19-17-13-26(10-9-18(17)24-25-19)12-14-5-2-1-3-6-14/h1-8,11H,9-10,12-13H2,(H,24,25). The van der Waals surface area contributed by atoms with E-state index in [1.165, 1.54) is 17.7 Å². The van der Waals surface area contributed by atoms with Crippen molar-refractivity contribution in [1.82, 2.24) is 15.1 Å². The van der Waals surface area contributed by atoms with Crippen molar-refractivity contribution < 1.29 is 13.2 Å². The predicted octanol–water partition coefficient (Wildman–Crippen LogP) is 4.65. The first-order valence-electron chi connectivity index (χ1n) is 8.51. The summed E-state index contributed by atoms with van der Waals surface area (Å²) in [5.41, 5.74) is 3.69. The van der Waals surface area contributed by atoms with Crippen LogP contribution in [0.25, 0.3) is 11.3 Å². The first-order valence-corrected chi connectivity index (χ1v) is 8.51. The van der Waals surface area contributed by atoms with E-state index in [0.717, 1.165) is 36.8 Å². The van der Waals surface area contributed by atoms with E-state index in [-0.39, 0.29) is 0 Å². The number of nitrogens with zero attached hydrogens (tertiary/aromatic N) is 2. The summed E-state index contributed by atoms with van der Waals surface area (Å²) in [7, 11) is 0. The molecule has 134 valence electrons. The number of benzene rings is 2. The van der Waals surface area contributed by atoms with Gasteiger partial charge in [0.15, 0.2) is 0 Å². The lowest BCUT2D eigenvalue weighted by Crippen LogP contribution is -2.29. The molecule has 3 nitrogen and oxygen atoms in total. The van der Waals surface area contributed by atoms with Crippen molar-refractivity contribution in [1.29, 1.82) is 0 Å². The van der Waals surface area contributed by atoms with Gasteiger partial charge in [-0.3, -0.25) is 10.00 Å². The topological polar surface area (TPSA) is 31.9 Å². The number of halogens is 3. The second kappa shape index (κ2) is 6.61. The van der Waals surface area contributed by atoms with E-state index < -0.39 is 11.7 Å². The molecule has 0 spiro atoms. The van der Waals surface area contributed by atoms with Gasteiger partial charge in [0.05, 0.1) is 11.3 Å². The highest BCUT2D eigenvalue weighted by Crippen LogP contribution is 2.34. The van der Waals surface area contributed by atoms with Crippen molar-refractivity contribution in [3.63, 3.8) is 0 Å². The van der Waals surface area contributed by atoms with Crippen molar-refractivity contribution in [2.45, 2.75) is 25.7 Å². The van der Waals surface area contributed by atoms with Gasteiger partial charge in [-0.1, -0.05) is 42.5 Å². The number of fused-ring (bicyclic) bond motifs is 1. The molecule has 1 aromatic heterocycles. The molecule has 1 aliphatic rings. The maximum Gasteiger partial charge on any atom is 0.416 e. The molecular formula is C20H18F3N3. The molecule has 6 heteroatoms. The second-order valence-electron chi connectivity index (χ2n) is 6.55. The molecule has 2 heterocycles. The number of hydrogen-bond acceptors (Lipinski definition) is 2. The minimum Gasteiger partial charge on any atom is -0.294 e. The SMILES string of the molecule is FC(F)(F)c1cccc(-c2n[nH]c3c2CN(Cc2ccccc2)CC3)c1. The summed E-state index contributed by atoms with van der Waals surface area (Å²) in [6.45, 7) is 2.38. The summed E-state index contributed by atoms with van der Waals surface area (Å²) in [6, 6.07) is 15.5. The third-order valence-corrected chi connectivity index (χ3v) is 4.72. The monoisotopic (exact) mass is 357 g/mol. The van der Waals surface area contributed by atoms with E-state index >= 15 is 0 Å². The van der Waals surface area contributed by atoms with E-state index in [2.05, 4.69) is 27.2 Å². The Balaban J connectivity index is 1.61. The Morgan fingerprint density at radius 2 is 1.85 bits per heavy atom. The summed E-state index contributed by atoms with van der Waals surface area (Å²) < 4.78 is 39.0. The van der Waals surface area contributed by atoms with Gasteiger partial charge in [0, 0.05) is 42.9 Å². The van der Waals surface area contributed by atoms with E-state index in [0.29, 0.717) is 17.8 Å². The number of alkyl halides is 3. The Morgan fingerprint density at radius 3 is 2.62 bits per heavy atom. The van der Waals surface area contributed by atoms with Crippen LogP contribution in [-0.2, 0) is 25.7 Å². The third kappa shape index (κ3) is 3.37.